The lowest BCUT2D eigenvalue weighted by molar-refractivity contribution is -0.119. The van der Waals surface area contributed by atoms with E-state index in [0.29, 0.717) is 0 Å². The number of carbonyl (C=O) groups excluding carboxylic acids is 1. The van der Waals surface area contributed by atoms with Crippen molar-refractivity contribution in [3.8, 4) is 5.69 Å². The van der Waals surface area contributed by atoms with Gasteiger partial charge in [0.15, 0.2) is 0 Å². The molecule has 1 amide bonds. The van der Waals surface area contributed by atoms with Crippen LogP contribution < -0.4 is 11.1 Å². The van der Waals surface area contributed by atoms with E-state index in [1.54, 1.807) is 12.7 Å². The zero-order valence-electron chi connectivity index (χ0n) is 12.7. The van der Waals surface area contributed by atoms with Crippen molar-refractivity contribution in [1.29, 1.82) is 0 Å². The molecule has 1 aromatic heterocycles. The summed E-state index contributed by atoms with van der Waals surface area (Å²) < 4.78 is 1.82. The van der Waals surface area contributed by atoms with Gasteiger partial charge in [0.25, 0.3) is 0 Å². The lowest BCUT2D eigenvalue weighted by atomic mass is 10.1. The number of nitrogens with two attached hydrogens (primary N) is 1. The summed E-state index contributed by atoms with van der Waals surface area (Å²) in [5.41, 5.74) is 8.81. The first-order valence-electron chi connectivity index (χ1n) is 7.71. The van der Waals surface area contributed by atoms with E-state index in [-0.39, 0.29) is 17.9 Å². The van der Waals surface area contributed by atoms with E-state index in [4.69, 9.17) is 5.73 Å². The number of aryl methyl sites for hydroxylation is 1. The van der Waals surface area contributed by atoms with Gasteiger partial charge in [0, 0.05) is 17.6 Å². The van der Waals surface area contributed by atoms with Gasteiger partial charge in [-0.3, -0.25) is 9.36 Å². The summed E-state index contributed by atoms with van der Waals surface area (Å²) in [6.45, 7) is 2.08. The molecule has 0 unspecified atom stereocenters. The summed E-state index contributed by atoms with van der Waals surface area (Å²) in [5, 5.41) is 10.7. The van der Waals surface area contributed by atoms with Crippen LogP contribution in [0.4, 0.5) is 5.69 Å². The summed E-state index contributed by atoms with van der Waals surface area (Å²) in [7, 11) is 0. The van der Waals surface area contributed by atoms with Crippen molar-refractivity contribution in [3.63, 3.8) is 0 Å². The Morgan fingerprint density at radius 1 is 1.36 bits per heavy atom. The lowest BCUT2D eigenvalue weighted by Crippen LogP contribution is -2.23. The third kappa shape index (κ3) is 3.01. The Morgan fingerprint density at radius 2 is 2.14 bits per heavy atom. The van der Waals surface area contributed by atoms with Crippen LogP contribution in [-0.4, -0.2) is 26.7 Å². The van der Waals surface area contributed by atoms with Gasteiger partial charge in [-0.05, 0) is 43.4 Å². The van der Waals surface area contributed by atoms with Gasteiger partial charge in [-0.1, -0.05) is 13.0 Å². The van der Waals surface area contributed by atoms with Crippen LogP contribution in [0.25, 0.3) is 5.69 Å². The Morgan fingerprint density at radius 3 is 2.77 bits per heavy atom. The van der Waals surface area contributed by atoms with Crippen LogP contribution in [0.1, 0.15) is 31.7 Å². The zero-order chi connectivity index (χ0) is 15.5. The molecule has 1 heterocycles. The van der Waals surface area contributed by atoms with Gasteiger partial charge < -0.3 is 11.1 Å². The van der Waals surface area contributed by atoms with Gasteiger partial charge in [-0.2, -0.15) is 0 Å². The van der Waals surface area contributed by atoms with E-state index in [0.717, 1.165) is 42.6 Å². The Hall–Kier alpha value is -2.21. The van der Waals surface area contributed by atoms with E-state index in [2.05, 4.69) is 22.4 Å². The van der Waals surface area contributed by atoms with Crippen molar-refractivity contribution in [2.24, 2.45) is 11.7 Å². The first-order chi connectivity index (χ1) is 10.7. The average Bonchev–Trinajstić information content (AvgIpc) is 3.18. The van der Waals surface area contributed by atoms with Crippen LogP contribution in [-0.2, 0) is 11.2 Å². The lowest BCUT2D eigenvalue weighted by Gasteiger charge is -2.15. The molecule has 1 saturated carbocycles. The van der Waals surface area contributed by atoms with E-state index < -0.39 is 0 Å². The number of benzene rings is 1. The highest BCUT2D eigenvalue weighted by molar-refractivity contribution is 5.93. The van der Waals surface area contributed by atoms with Crippen LogP contribution in [0.5, 0.6) is 0 Å². The fraction of sp³-hybridized carbons (Fsp3) is 0.438. The maximum atomic E-state index is 12.4. The smallest absolute Gasteiger partial charge is 0.227 e. The molecule has 0 spiro atoms. The minimum Gasteiger partial charge on any atom is -0.328 e. The molecular weight excluding hydrogens is 278 g/mol. The quantitative estimate of drug-likeness (QED) is 0.902. The molecule has 6 heteroatoms. The summed E-state index contributed by atoms with van der Waals surface area (Å²) >= 11 is 0. The van der Waals surface area contributed by atoms with Crippen LogP contribution >= 0.6 is 0 Å². The van der Waals surface area contributed by atoms with Gasteiger partial charge in [0.1, 0.15) is 12.7 Å². The normalized spacial score (nSPS) is 21.0. The number of rotatable bonds is 4. The highest BCUT2D eigenvalue weighted by Crippen LogP contribution is 2.27. The molecule has 1 aromatic carbocycles. The molecule has 0 saturated heterocycles. The molecule has 0 bridgehead atoms. The number of amides is 1. The first-order valence-corrected chi connectivity index (χ1v) is 7.71. The maximum Gasteiger partial charge on any atom is 0.227 e. The Balaban J connectivity index is 1.82. The molecule has 6 nitrogen and oxygen atoms in total. The summed E-state index contributed by atoms with van der Waals surface area (Å²) in [5.74, 6) is 0.0989. The topological polar surface area (TPSA) is 85.8 Å². The van der Waals surface area contributed by atoms with Crippen LogP contribution in [0.15, 0.2) is 30.9 Å². The van der Waals surface area contributed by atoms with Gasteiger partial charge in [0.2, 0.25) is 5.91 Å². The second kappa shape index (κ2) is 6.27. The van der Waals surface area contributed by atoms with Crippen molar-refractivity contribution in [1.82, 2.24) is 14.8 Å². The number of nitrogens with one attached hydrogen (secondary N) is 1. The number of hydrogen-bond acceptors (Lipinski definition) is 4. The third-order valence-electron chi connectivity index (χ3n) is 4.29. The second-order valence-electron chi connectivity index (χ2n) is 5.82. The largest absolute Gasteiger partial charge is 0.328 e. The van der Waals surface area contributed by atoms with Crippen LogP contribution in [0.3, 0.4) is 0 Å². The standard InChI is InChI=1S/C16H21N5O/c1-2-11-4-6-14(21-9-18-19-10-21)8-15(11)20-16(22)12-3-5-13(17)7-12/h4,6,8-10,12-13H,2-3,5,7,17H2,1H3,(H,20,22)/t12-,13+/m1/s1. The van der Waals surface area contributed by atoms with Crippen molar-refractivity contribution in [2.75, 3.05) is 5.32 Å². The minimum atomic E-state index is 0.0262. The molecule has 0 aliphatic heterocycles. The van der Waals surface area contributed by atoms with Gasteiger partial charge in [0.05, 0.1) is 5.69 Å². The van der Waals surface area contributed by atoms with Crippen LogP contribution in [0, 0.1) is 5.92 Å². The molecule has 2 aromatic rings. The Kier molecular flexibility index (Phi) is 4.20. The van der Waals surface area contributed by atoms with Crippen LogP contribution in [0.2, 0.25) is 0 Å². The monoisotopic (exact) mass is 299 g/mol. The molecule has 3 N–H and O–H groups in total. The van der Waals surface area contributed by atoms with Crippen molar-refractivity contribution in [3.05, 3.63) is 36.4 Å². The molecule has 22 heavy (non-hydrogen) atoms. The van der Waals surface area contributed by atoms with Crippen molar-refractivity contribution >= 4 is 11.6 Å². The van der Waals surface area contributed by atoms with Crippen molar-refractivity contribution in [2.45, 2.75) is 38.6 Å². The third-order valence-corrected chi connectivity index (χ3v) is 4.29. The number of carbonyl (C=O) groups is 1. The molecule has 1 aliphatic rings. The van der Waals surface area contributed by atoms with E-state index in [9.17, 15) is 4.79 Å². The predicted octanol–water partition coefficient (Wildman–Crippen LogP) is 1.90. The molecule has 2 atom stereocenters. The number of anilines is 1. The summed E-state index contributed by atoms with van der Waals surface area (Å²) in [6, 6.07) is 6.16. The fourth-order valence-corrected chi connectivity index (χ4v) is 2.97. The van der Waals surface area contributed by atoms with E-state index >= 15 is 0 Å². The SMILES string of the molecule is CCc1ccc(-n2cnnc2)cc1NC(=O)[C@@H]1CC[C@H](N)C1. The summed E-state index contributed by atoms with van der Waals surface area (Å²) in [4.78, 5) is 12.4. The number of nitrogens with zero attached hydrogens (tertiary/aromatic N) is 3. The van der Waals surface area contributed by atoms with Gasteiger partial charge >= 0.3 is 0 Å². The van der Waals surface area contributed by atoms with E-state index in [1.165, 1.54) is 0 Å². The molecule has 0 radical (unpaired) electrons. The molecular formula is C16H21N5O. The molecule has 3 rings (SSSR count). The Labute approximate surface area is 129 Å². The van der Waals surface area contributed by atoms with Gasteiger partial charge in [-0.25, -0.2) is 0 Å². The highest BCUT2D eigenvalue weighted by Gasteiger charge is 2.28. The number of hydrogen-bond donors (Lipinski definition) is 2. The fourth-order valence-electron chi connectivity index (χ4n) is 2.97. The van der Waals surface area contributed by atoms with Crippen molar-refractivity contribution < 1.29 is 4.79 Å². The second-order valence-corrected chi connectivity index (χ2v) is 5.82. The predicted molar refractivity (Wildman–Crippen MR) is 84.7 cm³/mol. The summed E-state index contributed by atoms with van der Waals surface area (Å²) in [6.07, 6.45) is 6.73. The molecule has 1 aliphatic carbocycles. The van der Waals surface area contributed by atoms with E-state index in [1.807, 2.05) is 22.8 Å². The van der Waals surface area contributed by atoms with Gasteiger partial charge in [-0.15, -0.1) is 10.2 Å². The molecule has 116 valence electrons. The maximum absolute atomic E-state index is 12.4. The molecule has 1 fully saturated rings. The number of aromatic nitrogens is 3. The first kappa shape index (κ1) is 14.7. The Bertz CT molecular complexity index is 653. The minimum absolute atomic E-state index is 0.0262. The average molecular weight is 299 g/mol. The highest BCUT2D eigenvalue weighted by atomic mass is 16.1. The zero-order valence-corrected chi connectivity index (χ0v) is 12.7.